The first-order chi connectivity index (χ1) is 6.59. The maximum atomic E-state index is 2.34. The van der Waals surface area contributed by atoms with Crippen LogP contribution in [0.25, 0.3) is 0 Å². The van der Waals surface area contributed by atoms with Crippen LogP contribution in [0, 0.1) is 17.3 Å². The summed E-state index contributed by atoms with van der Waals surface area (Å²) in [5.41, 5.74) is 1.80. The van der Waals surface area contributed by atoms with Crippen molar-refractivity contribution in [2.24, 2.45) is 17.3 Å². The highest BCUT2D eigenvalue weighted by atomic mass is 14.4. The van der Waals surface area contributed by atoms with Crippen molar-refractivity contribution >= 4 is 0 Å². The molecule has 0 aromatic carbocycles. The van der Waals surface area contributed by atoms with Crippen molar-refractivity contribution in [2.75, 3.05) is 0 Å². The third-order valence-corrected chi connectivity index (χ3v) is 3.10. The van der Waals surface area contributed by atoms with Crippen molar-refractivity contribution in [1.82, 2.24) is 0 Å². The zero-order chi connectivity index (χ0) is 10.2. The van der Waals surface area contributed by atoms with Gasteiger partial charge in [0.1, 0.15) is 0 Å². The number of allylic oxidation sites excluding steroid dienone is 8. The lowest BCUT2D eigenvalue weighted by atomic mass is 9.68. The maximum Gasteiger partial charge on any atom is 0.00890 e. The largest absolute Gasteiger partial charge is 0.0800 e. The summed E-state index contributed by atoms with van der Waals surface area (Å²) in [7, 11) is 0. The summed E-state index contributed by atoms with van der Waals surface area (Å²) in [5, 5.41) is 0. The molecule has 2 aliphatic carbocycles. The van der Waals surface area contributed by atoms with Crippen molar-refractivity contribution in [3.05, 3.63) is 48.1 Å². The Balaban J connectivity index is 2.32. The highest BCUT2D eigenvalue weighted by Crippen LogP contribution is 2.41. The molecule has 0 radical (unpaired) electrons. The van der Waals surface area contributed by atoms with E-state index in [4.69, 9.17) is 0 Å². The van der Waals surface area contributed by atoms with Gasteiger partial charge in [0.15, 0.2) is 0 Å². The Bertz CT molecular complexity index is 332. The summed E-state index contributed by atoms with van der Waals surface area (Å²) in [4.78, 5) is 0. The number of fused-ring (bicyclic) bond motifs is 1. The molecule has 0 saturated carbocycles. The molecular weight excluding hydrogens is 168 g/mol. The second-order valence-corrected chi connectivity index (χ2v) is 5.21. The van der Waals surface area contributed by atoms with Gasteiger partial charge in [-0.1, -0.05) is 63.3 Å². The lowest BCUT2D eigenvalue weighted by Gasteiger charge is -2.37. The zero-order valence-corrected chi connectivity index (χ0v) is 9.20. The molecule has 0 bridgehead atoms. The van der Waals surface area contributed by atoms with E-state index in [2.05, 4.69) is 63.3 Å². The van der Waals surface area contributed by atoms with E-state index in [0.717, 1.165) is 0 Å². The molecule has 0 heterocycles. The summed E-state index contributed by atoms with van der Waals surface area (Å²) >= 11 is 0. The van der Waals surface area contributed by atoms with Gasteiger partial charge in [0.05, 0.1) is 0 Å². The van der Waals surface area contributed by atoms with Crippen molar-refractivity contribution in [2.45, 2.75) is 20.8 Å². The van der Waals surface area contributed by atoms with Crippen molar-refractivity contribution < 1.29 is 0 Å². The Morgan fingerprint density at radius 1 is 1.00 bits per heavy atom. The number of rotatable bonds is 0. The first kappa shape index (κ1) is 9.51. The first-order valence-corrected chi connectivity index (χ1v) is 5.32. The Kier molecular flexibility index (Phi) is 2.22. The van der Waals surface area contributed by atoms with E-state index in [1.54, 1.807) is 0 Å². The number of hydrogen-bond donors (Lipinski definition) is 0. The van der Waals surface area contributed by atoms with Crippen LogP contribution in [-0.4, -0.2) is 0 Å². The average Bonchev–Trinajstić information content (AvgIpc) is 2.15. The standard InChI is InChI=1S/C14H18/c1-14(2,3)13-10-6-8-11-7-4-5-9-12(11)13/h4-10,12-13H,1-3H3. The maximum absolute atomic E-state index is 2.34. The molecule has 0 amide bonds. The molecule has 0 heteroatoms. The van der Waals surface area contributed by atoms with Crippen LogP contribution in [-0.2, 0) is 0 Å². The van der Waals surface area contributed by atoms with E-state index >= 15 is 0 Å². The minimum absolute atomic E-state index is 0.343. The van der Waals surface area contributed by atoms with Gasteiger partial charge in [0, 0.05) is 5.92 Å². The molecule has 0 nitrogen and oxygen atoms in total. The summed E-state index contributed by atoms with van der Waals surface area (Å²) in [6.45, 7) is 6.95. The lowest BCUT2D eigenvalue weighted by Crippen LogP contribution is -2.28. The lowest BCUT2D eigenvalue weighted by molar-refractivity contribution is 0.253. The van der Waals surface area contributed by atoms with Gasteiger partial charge >= 0.3 is 0 Å². The molecule has 0 N–H and O–H groups in total. The second kappa shape index (κ2) is 3.27. The van der Waals surface area contributed by atoms with Gasteiger partial charge in [-0.2, -0.15) is 0 Å². The van der Waals surface area contributed by atoms with E-state index < -0.39 is 0 Å². The van der Waals surface area contributed by atoms with Crippen LogP contribution in [0.3, 0.4) is 0 Å². The zero-order valence-electron chi connectivity index (χ0n) is 9.20. The fraction of sp³-hybridized carbons (Fsp3) is 0.429. The van der Waals surface area contributed by atoms with Gasteiger partial charge in [-0.05, 0) is 16.9 Å². The average molecular weight is 186 g/mol. The van der Waals surface area contributed by atoms with Crippen molar-refractivity contribution in [3.63, 3.8) is 0 Å². The Labute approximate surface area is 86.7 Å². The van der Waals surface area contributed by atoms with Gasteiger partial charge < -0.3 is 0 Å². The Morgan fingerprint density at radius 3 is 2.50 bits per heavy atom. The second-order valence-electron chi connectivity index (χ2n) is 5.21. The topological polar surface area (TPSA) is 0 Å². The van der Waals surface area contributed by atoms with Crippen molar-refractivity contribution in [1.29, 1.82) is 0 Å². The molecule has 14 heavy (non-hydrogen) atoms. The van der Waals surface area contributed by atoms with Gasteiger partial charge in [-0.15, -0.1) is 0 Å². The van der Waals surface area contributed by atoms with Crippen LogP contribution >= 0.6 is 0 Å². The molecule has 74 valence electrons. The third-order valence-electron chi connectivity index (χ3n) is 3.10. The van der Waals surface area contributed by atoms with Gasteiger partial charge in [-0.3, -0.25) is 0 Å². The van der Waals surface area contributed by atoms with Crippen LogP contribution < -0.4 is 0 Å². The van der Waals surface area contributed by atoms with Gasteiger partial charge in [0.2, 0.25) is 0 Å². The highest BCUT2D eigenvalue weighted by Gasteiger charge is 2.31. The first-order valence-electron chi connectivity index (χ1n) is 5.32. The Morgan fingerprint density at radius 2 is 1.79 bits per heavy atom. The molecule has 0 saturated heterocycles. The molecule has 2 atom stereocenters. The van der Waals surface area contributed by atoms with Crippen LogP contribution in [0.5, 0.6) is 0 Å². The molecule has 0 aromatic heterocycles. The Hall–Kier alpha value is -1.04. The molecule has 2 aliphatic rings. The van der Waals surface area contributed by atoms with E-state index in [0.29, 0.717) is 17.3 Å². The SMILES string of the molecule is CC(C)(C)C1C=CC=C2C=CC=CC21. The normalized spacial score (nSPS) is 30.1. The molecular formula is C14H18. The van der Waals surface area contributed by atoms with Crippen LogP contribution in [0.2, 0.25) is 0 Å². The van der Waals surface area contributed by atoms with Crippen molar-refractivity contribution in [3.8, 4) is 0 Å². The minimum Gasteiger partial charge on any atom is -0.0800 e. The predicted octanol–water partition coefficient (Wildman–Crippen LogP) is 3.89. The summed E-state index contributed by atoms with van der Waals surface area (Å²) in [6, 6.07) is 0. The van der Waals surface area contributed by atoms with Crippen LogP contribution in [0.4, 0.5) is 0 Å². The molecule has 0 spiro atoms. The van der Waals surface area contributed by atoms with E-state index in [9.17, 15) is 0 Å². The monoisotopic (exact) mass is 186 g/mol. The van der Waals surface area contributed by atoms with Crippen LogP contribution in [0.15, 0.2) is 48.1 Å². The third kappa shape index (κ3) is 1.61. The van der Waals surface area contributed by atoms with E-state index in [1.807, 2.05) is 0 Å². The predicted molar refractivity (Wildman–Crippen MR) is 61.9 cm³/mol. The summed E-state index contributed by atoms with van der Waals surface area (Å²) in [6.07, 6.45) is 15.6. The number of hydrogen-bond acceptors (Lipinski definition) is 0. The summed E-state index contributed by atoms with van der Waals surface area (Å²) in [5.74, 6) is 1.22. The molecule has 2 unspecified atom stereocenters. The minimum atomic E-state index is 0.343. The smallest absolute Gasteiger partial charge is 0.00890 e. The fourth-order valence-corrected chi connectivity index (χ4v) is 2.30. The molecule has 0 aromatic rings. The van der Waals surface area contributed by atoms with E-state index in [-0.39, 0.29) is 0 Å². The quantitative estimate of drug-likeness (QED) is 0.538. The van der Waals surface area contributed by atoms with Crippen LogP contribution in [0.1, 0.15) is 20.8 Å². The molecule has 2 rings (SSSR count). The summed E-state index contributed by atoms with van der Waals surface area (Å²) < 4.78 is 0. The van der Waals surface area contributed by atoms with Gasteiger partial charge in [0.25, 0.3) is 0 Å². The molecule has 0 fully saturated rings. The fourth-order valence-electron chi connectivity index (χ4n) is 2.30. The highest BCUT2D eigenvalue weighted by molar-refractivity contribution is 5.40. The van der Waals surface area contributed by atoms with E-state index in [1.165, 1.54) is 5.57 Å². The van der Waals surface area contributed by atoms with Gasteiger partial charge in [-0.25, -0.2) is 0 Å². The molecule has 0 aliphatic heterocycles.